The van der Waals surface area contributed by atoms with Gasteiger partial charge in [-0.25, -0.2) is 14.6 Å². The molecule has 0 unspecified atom stereocenters. The molecule has 0 bridgehead atoms. The second-order valence-electron chi connectivity index (χ2n) is 11.8. The number of carbonyl (C=O) groups is 3. The molecular formula is C33H37N5O5. The lowest BCUT2D eigenvalue weighted by molar-refractivity contribution is 0.0195. The highest BCUT2D eigenvalue weighted by atomic mass is 16.6. The molecule has 2 amide bonds. The Hall–Kier alpha value is -4.73. The number of aryl methyl sites for hydroxylation is 2. The van der Waals surface area contributed by atoms with Crippen molar-refractivity contribution in [2.75, 3.05) is 25.1 Å². The molecule has 1 saturated heterocycles. The molecule has 1 atom stereocenters. The average Bonchev–Trinajstić information content (AvgIpc) is 3.37. The summed E-state index contributed by atoms with van der Waals surface area (Å²) in [5.41, 5.74) is 2.48. The molecule has 1 aliphatic heterocycles. The minimum absolute atomic E-state index is 0.231. The van der Waals surface area contributed by atoms with E-state index in [-0.39, 0.29) is 11.9 Å². The van der Waals surface area contributed by atoms with E-state index in [0.29, 0.717) is 48.6 Å². The Labute approximate surface area is 251 Å². The Morgan fingerprint density at radius 3 is 2.49 bits per heavy atom. The summed E-state index contributed by atoms with van der Waals surface area (Å²) in [6, 6.07) is 14.7. The van der Waals surface area contributed by atoms with Crippen molar-refractivity contribution in [1.29, 1.82) is 0 Å². The Balaban J connectivity index is 1.54. The second-order valence-corrected chi connectivity index (χ2v) is 11.8. The molecule has 0 aliphatic carbocycles. The normalized spacial score (nSPS) is 15.3. The van der Waals surface area contributed by atoms with E-state index < -0.39 is 17.7 Å². The number of likely N-dealkylation sites (tertiary alicyclic amines) is 1. The van der Waals surface area contributed by atoms with Crippen molar-refractivity contribution in [2.24, 2.45) is 7.05 Å². The van der Waals surface area contributed by atoms with Crippen LogP contribution in [0.15, 0.2) is 60.9 Å². The number of anilines is 1. The molecule has 1 aliphatic rings. The van der Waals surface area contributed by atoms with Gasteiger partial charge >= 0.3 is 12.1 Å². The van der Waals surface area contributed by atoms with Crippen molar-refractivity contribution in [1.82, 2.24) is 19.7 Å². The van der Waals surface area contributed by atoms with Crippen molar-refractivity contribution < 1.29 is 23.9 Å². The summed E-state index contributed by atoms with van der Waals surface area (Å²) >= 11 is 0. The molecule has 0 spiro atoms. The number of carbonyl (C=O) groups excluding carboxylic acids is 3. The van der Waals surface area contributed by atoms with Gasteiger partial charge in [-0.15, -0.1) is 0 Å². The maximum atomic E-state index is 14.4. The summed E-state index contributed by atoms with van der Waals surface area (Å²) in [6.07, 6.45) is 4.34. The molecule has 0 saturated carbocycles. The van der Waals surface area contributed by atoms with E-state index >= 15 is 0 Å². The van der Waals surface area contributed by atoms with E-state index in [1.165, 1.54) is 11.8 Å². The molecule has 0 N–H and O–H groups in total. The molecule has 4 aromatic rings. The van der Waals surface area contributed by atoms with Gasteiger partial charge in [-0.05, 0) is 75.2 Å². The summed E-state index contributed by atoms with van der Waals surface area (Å²) in [5, 5.41) is 6.09. The number of methoxy groups -OCH3 is 1. The van der Waals surface area contributed by atoms with Crippen LogP contribution in [0.5, 0.6) is 0 Å². The van der Waals surface area contributed by atoms with Gasteiger partial charge in [0.15, 0.2) is 5.69 Å². The highest BCUT2D eigenvalue weighted by Gasteiger charge is 2.35. The Bertz CT molecular complexity index is 1670. The van der Waals surface area contributed by atoms with Crippen LogP contribution < -0.4 is 4.90 Å². The maximum absolute atomic E-state index is 14.4. The minimum atomic E-state index is -0.627. The van der Waals surface area contributed by atoms with E-state index in [9.17, 15) is 14.4 Å². The van der Waals surface area contributed by atoms with Gasteiger partial charge in [-0.3, -0.25) is 14.4 Å². The Morgan fingerprint density at radius 1 is 1.05 bits per heavy atom. The monoisotopic (exact) mass is 583 g/mol. The van der Waals surface area contributed by atoms with Crippen LogP contribution >= 0.6 is 0 Å². The van der Waals surface area contributed by atoms with Crippen LogP contribution in [-0.2, 0) is 16.5 Å². The maximum Gasteiger partial charge on any atom is 0.410 e. The van der Waals surface area contributed by atoms with Gasteiger partial charge in [0.05, 0.1) is 19.3 Å². The number of benzene rings is 2. The second kappa shape index (κ2) is 11.9. The van der Waals surface area contributed by atoms with Crippen LogP contribution in [0.2, 0.25) is 0 Å². The first kappa shape index (κ1) is 29.8. The zero-order chi connectivity index (χ0) is 30.9. The van der Waals surface area contributed by atoms with Gasteiger partial charge in [0.25, 0.3) is 5.91 Å². The van der Waals surface area contributed by atoms with Crippen LogP contribution in [0.25, 0.3) is 21.9 Å². The summed E-state index contributed by atoms with van der Waals surface area (Å²) < 4.78 is 12.1. The number of amides is 2. The third-order valence-electron chi connectivity index (χ3n) is 7.60. The summed E-state index contributed by atoms with van der Waals surface area (Å²) in [6.45, 7) is 8.40. The molecule has 224 valence electrons. The van der Waals surface area contributed by atoms with Crippen LogP contribution in [-0.4, -0.2) is 69.5 Å². The number of fused-ring (bicyclic) bond motifs is 1. The summed E-state index contributed by atoms with van der Waals surface area (Å²) in [5.74, 6) is -0.170. The lowest BCUT2D eigenvalue weighted by atomic mass is 9.99. The summed E-state index contributed by atoms with van der Waals surface area (Å²) in [4.78, 5) is 48.0. The fourth-order valence-corrected chi connectivity index (χ4v) is 5.58. The molecule has 2 aromatic carbocycles. The van der Waals surface area contributed by atoms with E-state index in [1.54, 1.807) is 53.5 Å². The average molecular weight is 584 g/mol. The van der Waals surface area contributed by atoms with Crippen molar-refractivity contribution >= 4 is 34.6 Å². The molecule has 3 heterocycles. The smallest absolute Gasteiger partial charge is 0.410 e. The first-order valence-electron chi connectivity index (χ1n) is 14.3. The molecule has 5 rings (SSSR count). The SMILES string of the molecule is COC(=O)c1c(-c2ccc(C(=O)N(c3nccc4cccc(C)c34)[C@@H]3CCCN(C(=O)OC(C)(C)C)C3)cc2)cnn1C. The van der Waals surface area contributed by atoms with Gasteiger partial charge in [0.1, 0.15) is 11.4 Å². The highest BCUT2D eigenvalue weighted by Crippen LogP contribution is 2.33. The standard InChI is InChI=1S/C33H37N5O5/c1-21-9-7-10-23-16-17-34-29(27(21)23)38(25-11-8-18-37(20-25)32(41)43-33(2,3)4)30(39)24-14-12-22(13-15-24)26-19-35-36(5)28(26)31(40)42-6/h7,9-10,12-17,19,25H,8,11,18,20H2,1-6H3/t25-/m1/s1. The van der Waals surface area contributed by atoms with Crippen LogP contribution in [0, 0.1) is 6.92 Å². The number of aromatic nitrogens is 3. The number of nitrogens with zero attached hydrogens (tertiary/aromatic N) is 5. The number of esters is 1. The topological polar surface area (TPSA) is 107 Å². The van der Waals surface area contributed by atoms with Crippen LogP contribution in [0.3, 0.4) is 0 Å². The van der Waals surface area contributed by atoms with E-state index in [0.717, 1.165) is 21.9 Å². The number of rotatable bonds is 5. The third-order valence-corrected chi connectivity index (χ3v) is 7.60. The van der Waals surface area contributed by atoms with Gasteiger partial charge in [0.2, 0.25) is 0 Å². The molecule has 10 heteroatoms. The van der Waals surface area contributed by atoms with Crippen molar-refractivity contribution in [2.45, 2.75) is 52.2 Å². The van der Waals surface area contributed by atoms with Crippen molar-refractivity contribution in [3.63, 3.8) is 0 Å². The van der Waals surface area contributed by atoms with Crippen molar-refractivity contribution in [3.05, 3.63) is 77.7 Å². The third kappa shape index (κ3) is 6.09. The predicted molar refractivity (Wildman–Crippen MR) is 164 cm³/mol. The lowest BCUT2D eigenvalue weighted by Crippen LogP contribution is -2.53. The first-order valence-corrected chi connectivity index (χ1v) is 14.3. The molecule has 2 aromatic heterocycles. The highest BCUT2D eigenvalue weighted by molar-refractivity contribution is 6.11. The van der Waals surface area contributed by atoms with Gasteiger partial charge in [0, 0.05) is 42.8 Å². The number of hydrogen-bond acceptors (Lipinski definition) is 7. The molecule has 10 nitrogen and oxygen atoms in total. The summed E-state index contributed by atoms with van der Waals surface area (Å²) in [7, 11) is 3.00. The predicted octanol–water partition coefficient (Wildman–Crippen LogP) is 5.78. The van der Waals surface area contributed by atoms with E-state index in [4.69, 9.17) is 14.5 Å². The van der Waals surface area contributed by atoms with Crippen molar-refractivity contribution in [3.8, 4) is 11.1 Å². The minimum Gasteiger partial charge on any atom is -0.464 e. The van der Waals surface area contributed by atoms with Crippen LogP contribution in [0.4, 0.5) is 10.6 Å². The molecule has 0 radical (unpaired) electrons. The van der Waals surface area contributed by atoms with Gasteiger partial charge < -0.3 is 14.4 Å². The largest absolute Gasteiger partial charge is 0.464 e. The molecular weight excluding hydrogens is 546 g/mol. The quantitative estimate of drug-likeness (QED) is 0.274. The fraction of sp³-hybridized carbons (Fsp3) is 0.364. The zero-order valence-corrected chi connectivity index (χ0v) is 25.5. The molecule has 1 fully saturated rings. The van der Waals surface area contributed by atoms with E-state index in [1.807, 2.05) is 52.0 Å². The number of pyridine rings is 1. The number of ether oxygens (including phenoxy) is 2. The Kier molecular flexibility index (Phi) is 8.21. The zero-order valence-electron chi connectivity index (χ0n) is 25.5. The fourth-order valence-electron chi connectivity index (χ4n) is 5.58. The first-order chi connectivity index (χ1) is 20.5. The number of hydrogen-bond donors (Lipinski definition) is 0. The lowest BCUT2D eigenvalue weighted by Gasteiger charge is -2.39. The Morgan fingerprint density at radius 2 is 1.79 bits per heavy atom. The van der Waals surface area contributed by atoms with Gasteiger partial charge in [-0.2, -0.15) is 5.10 Å². The number of piperidine rings is 1. The van der Waals surface area contributed by atoms with Crippen LogP contribution in [0.1, 0.15) is 60.0 Å². The van der Waals surface area contributed by atoms with E-state index in [2.05, 4.69) is 5.10 Å². The van der Waals surface area contributed by atoms with Gasteiger partial charge in [-0.1, -0.05) is 30.3 Å². The molecule has 43 heavy (non-hydrogen) atoms.